The van der Waals surface area contributed by atoms with Gasteiger partial charge in [0.05, 0.1) is 36.0 Å². The number of hydrazine groups is 1. The Hall–Kier alpha value is -5.49. The second kappa shape index (κ2) is 21.7. The number of nitrogens with zero attached hydrogens (tertiary/aromatic N) is 4. The molecule has 69 heavy (non-hydrogen) atoms. The molecule has 17 heteroatoms. The first-order chi connectivity index (χ1) is 32.7. The van der Waals surface area contributed by atoms with Crippen LogP contribution in [0.1, 0.15) is 116 Å². The van der Waals surface area contributed by atoms with Crippen molar-refractivity contribution in [2.45, 2.75) is 137 Å². The largest absolute Gasteiger partial charge is 0.465 e. The third-order valence-corrected chi connectivity index (χ3v) is 13.2. The SMILES string of the molecule is CCn1c(-c2cc(N3CCN4CCC[C@@H]4C3)cnc2[C@H](C)OC)c(CC(C)(C)COC(C)=O)c2cc(-c3cc(C[C@H](NC(=O)OC(C)(C)C)C(=O)OC(=O)C4CCCNN4)cc(C(F)F)c3)ccc21. The summed E-state index contributed by atoms with van der Waals surface area (Å²) in [6.07, 6.45) is 1.41. The molecule has 0 bridgehead atoms. The van der Waals surface area contributed by atoms with Gasteiger partial charge in [0.15, 0.2) is 0 Å². The van der Waals surface area contributed by atoms with Gasteiger partial charge in [-0.25, -0.2) is 28.6 Å². The van der Waals surface area contributed by atoms with Gasteiger partial charge in [-0.15, -0.1) is 0 Å². The molecule has 3 N–H and O–H groups in total. The van der Waals surface area contributed by atoms with E-state index in [1.807, 2.05) is 45.2 Å². The first-order valence-corrected chi connectivity index (χ1v) is 24.2. The van der Waals surface area contributed by atoms with E-state index in [1.54, 1.807) is 33.9 Å². The van der Waals surface area contributed by atoms with Gasteiger partial charge in [-0.1, -0.05) is 32.0 Å². The van der Waals surface area contributed by atoms with Gasteiger partial charge in [-0.05, 0) is 120 Å². The first-order valence-electron chi connectivity index (χ1n) is 24.2. The third kappa shape index (κ3) is 12.5. The number of alkyl halides is 2. The number of piperazine rings is 1. The predicted molar refractivity (Wildman–Crippen MR) is 260 cm³/mol. The van der Waals surface area contributed by atoms with Crippen LogP contribution in [0.5, 0.6) is 0 Å². The van der Waals surface area contributed by atoms with E-state index in [0.29, 0.717) is 55.1 Å². The quantitative estimate of drug-likeness (QED) is 0.0560. The molecule has 1 amide bonds. The highest BCUT2D eigenvalue weighted by Gasteiger charge is 2.35. The molecule has 0 spiro atoms. The maximum atomic E-state index is 14.9. The number of pyridine rings is 1. The molecule has 374 valence electrons. The zero-order valence-corrected chi connectivity index (χ0v) is 41.5. The number of amides is 1. The van der Waals surface area contributed by atoms with Crippen LogP contribution in [-0.2, 0) is 52.7 Å². The number of methoxy groups -OCH3 is 1. The van der Waals surface area contributed by atoms with Crippen LogP contribution < -0.4 is 21.1 Å². The maximum Gasteiger partial charge on any atom is 0.408 e. The van der Waals surface area contributed by atoms with E-state index in [9.17, 15) is 28.0 Å². The number of halogens is 2. The Bertz CT molecular complexity index is 2520. The molecular weight excluding hydrogens is 889 g/mol. The number of carbonyl (C=O) groups excluding carboxylic acids is 4. The number of aryl methyl sites for hydroxylation is 1. The standard InChI is InChI=1S/C52H69F2N7O8/c1-10-61-44-16-15-34(35-21-33(22-36(24-35)47(53)54)23-43(57-50(65)69-51(4,5)6)49(64)68-48(63)42-14-11-17-56-58-42)25-39(44)41(27-52(7,8)30-67-32(3)62)46(61)40-26-38(28-55-45(40)31(2)66-9)60-20-19-59-18-12-13-37(59)29-60/h15-16,21-22,24-26,28,31,37,42-43,47,56,58H,10-14,17-20,23,27,29-30H2,1-9H3,(H,57,65)/t31-,37+,42?,43-/m0/s1. The molecule has 0 radical (unpaired) electrons. The number of hydrogen-bond acceptors (Lipinski definition) is 13. The second-order valence-corrected chi connectivity index (χ2v) is 20.4. The molecule has 0 aliphatic carbocycles. The summed E-state index contributed by atoms with van der Waals surface area (Å²) in [6, 6.07) is 10.8. The van der Waals surface area contributed by atoms with Gasteiger partial charge in [0, 0.05) is 86.7 Å². The molecule has 3 saturated heterocycles. The van der Waals surface area contributed by atoms with E-state index >= 15 is 0 Å². The second-order valence-electron chi connectivity index (χ2n) is 20.4. The van der Waals surface area contributed by atoms with E-state index in [4.69, 9.17) is 23.9 Å². The lowest BCUT2D eigenvalue weighted by Crippen LogP contribution is -2.52. The molecule has 15 nitrogen and oxygen atoms in total. The number of rotatable bonds is 16. The van der Waals surface area contributed by atoms with E-state index in [2.05, 4.69) is 43.5 Å². The molecule has 3 aliphatic heterocycles. The van der Waals surface area contributed by atoms with Gasteiger partial charge in [-0.2, -0.15) is 0 Å². The highest BCUT2D eigenvalue weighted by atomic mass is 19.3. The summed E-state index contributed by atoms with van der Waals surface area (Å²) >= 11 is 0. The molecule has 4 atom stereocenters. The van der Waals surface area contributed by atoms with Gasteiger partial charge in [0.2, 0.25) is 0 Å². The van der Waals surface area contributed by atoms with Crippen LogP contribution in [0.4, 0.5) is 19.3 Å². The molecule has 2 aromatic carbocycles. The topological polar surface area (TPSA) is 166 Å². The fourth-order valence-corrected chi connectivity index (χ4v) is 9.82. The summed E-state index contributed by atoms with van der Waals surface area (Å²) in [5.41, 5.74) is 10.8. The van der Waals surface area contributed by atoms with Gasteiger partial charge in [-0.3, -0.25) is 20.1 Å². The Morgan fingerprint density at radius 2 is 1.75 bits per heavy atom. The number of carbonyl (C=O) groups is 4. The van der Waals surface area contributed by atoms with Crippen LogP contribution in [0.2, 0.25) is 0 Å². The van der Waals surface area contributed by atoms with E-state index < -0.39 is 47.6 Å². The summed E-state index contributed by atoms with van der Waals surface area (Å²) in [6.45, 7) is 19.8. The van der Waals surface area contributed by atoms with E-state index in [0.717, 1.165) is 65.3 Å². The minimum absolute atomic E-state index is 0.159. The normalized spacial score (nSPS) is 18.8. The molecule has 0 saturated carbocycles. The fourth-order valence-electron chi connectivity index (χ4n) is 9.82. The lowest BCUT2D eigenvalue weighted by Gasteiger charge is -2.39. The summed E-state index contributed by atoms with van der Waals surface area (Å²) in [5.74, 6) is -2.27. The van der Waals surface area contributed by atoms with Crippen molar-refractivity contribution in [1.82, 2.24) is 30.6 Å². The van der Waals surface area contributed by atoms with Crippen molar-refractivity contribution in [3.63, 3.8) is 0 Å². The van der Waals surface area contributed by atoms with Crippen molar-refractivity contribution in [2.75, 3.05) is 51.3 Å². The average Bonchev–Trinajstić information content (AvgIpc) is 3.91. The number of hydrogen-bond donors (Lipinski definition) is 3. The summed E-state index contributed by atoms with van der Waals surface area (Å²) in [5, 5.41) is 3.40. The molecule has 3 fully saturated rings. The van der Waals surface area contributed by atoms with Gasteiger partial charge >= 0.3 is 24.0 Å². The highest BCUT2D eigenvalue weighted by molar-refractivity contribution is 5.96. The molecule has 2 aromatic heterocycles. The van der Waals surface area contributed by atoms with Crippen molar-refractivity contribution in [2.24, 2.45) is 5.41 Å². The zero-order valence-electron chi connectivity index (χ0n) is 41.5. The summed E-state index contributed by atoms with van der Waals surface area (Å²) in [7, 11) is 1.67. The van der Waals surface area contributed by atoms with Gasteiger partial charge in [0.25, 0.3) is 6.43 Å². The zero-order chi connectivity index (χ0) is 49.8. The van der Waals surface area contributed by atoms with Crippen LogP contribution in [0.25, 0.3) is 33.3 Å². The highest BCUT2D eigenvalue weighted by Crippen LogP contribution is 2.43. The van der Waals surface area contributed by atoms with Crippen molar-refractivity contribution >= 4 is 40.6 Å². The number of alkyl carbamates (subject to hydrolysis) is 1. The summed E-state index contributed by atoms with van der Waals surface area (Å²) in [4.78, 5) is 62.1. The average molecular weight is 958 g/mol. The lowest BCUT2D eigenvalue weighted by molar-refractivity contribution is -0.163. The number of esters is 3. The first kappa shape index (κ1) is 51.4. The van der Waals surface area contributed by atoms with Crippen molar-refractivity contribution < 1.29 is 46.9 Å². The number of fused-ring (bicyclic) bond motifs is 2. The lowest BCUT2D eigenvalue weighted by atomic mass is 9.84. The van der Waals surface area contributed by atoms with Gasteiger partial charge < -0.3 is 33.7 Å². The smallest absolute Gasteiger partial charge is 0.408 e. The number of ether oxygens (including phenoxy) is 4. The third-order valence-electron chi connectivity index (χ3n) is 13.2. The minimum atomic E-state index is -2.88. The monoisotopic (exact) mass is 958 g/mol. The van der Waals surface area contributed by atoms with Crippen LogP contribution in [0.3, 0.4) is 0 Å². The molecule has 7 rings (SSSR count). The summed E-state index contributed by atoms with van der Waals surface area (Å²) < 4.78 is 54.4. The van der Waals surface area contributed by atoms with Crippen LogP contribution in [-0.4, -0.2) is 109 Å². The molecule has 1 unspecified atom stereocenters. The Kier molecular flexibility index (Phi) is 16.1. The predicted octanol–water partition coefficient (Wildman–Crippen LogP) is 8.21. The number of benzene rings is 2. The van der Waals surface area contributed by atoms with Gasteiger partial charge in [0.1, 0.15) is 17.7 Å². The molecule has 3 aliphatic rings. The minimum Gasteiger partial charge on any atom is -0.465 e. The Morgan fingerprint density at radius 3 is 2.43 bits per heavy atom. The Labute approximate surface area is 403 Å². The van der Waals surface area contributed by atoms with E-state index in [1.165, 1.54) is 31.9 Å². The van der Waals surface area contributed by atoms with Crippen LogP contribution in [0.15, 0.2) is 48.7 Å². The Balaban J connectivity index is 1.34. The van der Waals surface area contributed by atoms with E-state index in [-0.39, 0.29) is 30.7 Å². The Morgan fingerprint density at radius 1 is 0.971 bits per heavy atom. The number of anilines is 1. The number of nitrogens with one attached hydrogen (secondary N) is 3. The van der Waals surface area contributed by atoms with Crippen molar-refractivity contribution in [1.29, 1.82) is 0 Å². The maximum absolute atomic E-state index is 14.9. The number of aromatic nitrogens is 2. The van der Waals surface area contributed by atoms with Crippen molar-refractivity contribution in [3.05, 3.63) is 71.0 Å². The molecule has 5 heterocycles. The van der Waals surface area contributed by atoms with Crippen LogP contribution in [0, 0.1) is 5.41 Å². The molecular formula is C52H69F2N7O8. The van der Waals surface area contributed by atoms with Crippen molar-refractivity contribution in [3.8, 4) is 22.4 Å². The fraction of sp³-hybridized carbons (Fsp3) is 0.558. The van der Waals surface area contributed by atoms with Crippen LogP contribution >= 0.6 is 0 Å². The molecule has 4 aromatic rings.